The monoisotopic (exact) mass is 236 g/mol. The van der Waals surface area contributed by atoms with Gasteiger partial charge >= 0.3 is 0 Å². The van der Waals surface area contributed by atoms with Gasteiger partial charge in [-0.25, -0.2) is 4.39 Å². The number of nitrogens with two attached hydrogens (primary N) is 1. The molecule has 0 radical (unpaired) electrons. The fourth-order valence-corrected chi connectivity index (χ4v) is 2.00. The molecule has 0 aliphatic heterocycles. The lowest BCUT2D eigenvalue weighted by molar-refractivity contribution is -0.127. The summed E-state index contributed by atoms with van der Waals surface area (Å²) < 4.78 is 12.7. The second kappa shape index (κ2) is 5.27. The summed E-state index contributed by atoms with van der Waals surface area (Å²) in [6.07, 6.45) is 2.32. The molecule has 17 heavy (non-hydrogen) atoms. The van der Waals surface area contributed by atoms with E-state index in [1.54, 1.807) is 12.1 Å². The fraction of sp³-hybridized carbons (Fsp3) is 0.462. The summed E-state index contributed by atoms with van der Waals surface area (Å²) in [6, 6.07) is 6.54. The van der Waals surface area contributed by atoms with Crippen LogP contribution in [0, 0.1) is 11.7 Å². The molecular formula is C13H17FN2O. The smallest absolute Gasteiger partial charge is 0.223 e. The minimum absolute atomic E-state index is 0.0915. The van der Waals surface area contributed by atoms with Crippen molar-refractivity contribution >= 4 is 5.91 Å². The van der Waals surface area contributed by atoms with Crippen molar-refractivity contribution in [1.29, 1.82) is 0 Å². The summed E-state index contributed by atoms with van der Waals surface area (Å²) in [7, 11) is 0. The Bertz CT molecular complexity index is 385. The van der Waals surface area contributed by atoms with Crippen molar-refractivity contribution in [3.05, 3.63) is 35.6 Å². The molecule has 0 aromatic heterocycles. The Morgan fingerprint density at radius 1 is 1.35 bits per heavy atom. The van der Waals surface area contributed by atoms with Crippen LogP contribution >= 0.6 is 0 Å². The summed E-state index contributed by atoms with van der Waals surface area (Å²) in [6.45, 7) is 0.593. The van der Waals surface area contributed by atoms with E-state index >= 15 is 0 Å². The average Bonchev–Trinajstić information content (AvgIpc) is 2.27. The van der Waals surface area contributed by atoms with Crippen molar-refractivity contribution in [2.24, 2.45) is 11.7 Å². The van der Waals surface area contributed by atoms with Crippen molar-refractivity contribution in [2.75, 3.05) is 6.54 Å². The number of carbonyl (C=O) groups is 1. The van der Waals surface area contributed by atoms with Gasteiger partial charge in [0.05, 0.1) is 0 Å². The van der Waals surface area contributed by atoms with Crippen LogP contribution in [-0.4, -0.2) is 18.5 Å². The summed E-state index contributed by atoms with van der Waals surface area (Å²) in [5.41, 5.74) is 6.65. The standard InChI is InChI=1S/C13H17FN2O/c14-11-3-1-9(2-4-11)5-6-16-13(17)10-7-12(15)8-10/h1-4,10,12H,5-8,15H2,(H,16,17). The predicted octanol–water partition coefficient (Wildman–Crippen LogP) is 1.22. The Hall–Kier alpha value is -1.42. The normalized spacial score (nSPS) is 22.9. The van der Waals surface area contributed by atoms with Gasteiger partial charge in [-0.3, -0.25) is 4.79 Å². The topological polar surface area (TPSA) is 55.1 Å². The summed E-state index contributed by atoms with van der Waals surface area (Å²) >= 11 is 0. The summed E-state index contributed by atoms with van der Waals surface area (Å²) in [4.78, 5) is 11.6. The maximum absolute atomic E-state index is 12.7. The zero-order chi connectivity index (χ0) is 12.3. The van der Waals surface area contributed by atoms with Gasteiger partial charge in [0.2, 0.25) is 5.91 Å². The lowest BCUT2D eigenvalue weighted by Crippen LogP contribution is -2.45. The molecule has 1 aliphatic rings. The number of amides is 1. The second-order valence-corrected chi connectivity index (χ2v) is 4.60. The van der Waals surface area contributed by atoms with Crippen LogP contribution in [0.4, 0.5) is 4.39 Å². The minimum Gasteiger partial charge on any atom is -0.356 e. The number of hydrogen-bond acceptors (Lipinski definition) is 2. The Morgan fingerprint density at radius 3 is 2.59 bits per heavy atom. The SMILES string of the molecule is NC1CC(C(=O)NCCc2ccc(F)cc2)C1. The van der Waals surface area contributed by atoms with E-state index in [-0.39, 0.29) is 23.7 Å². The molecule has 0 spiro atoms. The van der Waals surface area contributed by atoms with Crippen LogP contribution in [0.25, 0.3) is 0 Å². The maximum Gasteiger partial charge on any atom is 0.223 e. The van der Waals surface area contributed by atoms with Crippen molar-refractivity contribution in [1.82, 2.24) is 5.32 Å². The highest BCUT2D eigenvalue weighted by Gasteiger charge is 2.31. The molecule has 3 nitrogen and oxygen atoms in total. The van der Waals surface area contributed by atoms with Gasteiger partial charge in [-0.05, 0) is 37.0 Å². The molecule has 0 saturated heterocycles. The maximum atomic E-state index is 12.7. The first-order chi connectivity index (χ1) is 8.15. The number of hydrogen-bond donors (Lipinski definition) is 2. The largest absolute Gasteiger partial charge is 0.356 e. The Labute approximate surface area is 100 Å². The number of benzene rings is 1. The van der Waals surface area contributed by atoms with Crippen LogP contribution in [0.2, 0.25) is 0 Å². The molecule has 1 aliphatic carbocycles. The molecule has 3 N–H and O–H groups in total. The minimum atomic E-state index is -0.235. The number of halogens is 1. The van der Waals surface area contributed by atoms with E-state index in [0.29, 0.717) is 6.54 Å². The van der Waals surface area contributed by atoms with E-state index in [0.717, 1.165) is 24.8 Å². The van der Waals surface area contributed by atoms with Gasteiger partial charge in [-0.1, -0.05) is 12.1 Å². The quantitative estimate of drug-likeness (QED) is 0.826. The van der Waals surface area contributed by atoms with Crippen LogP contribution in [0.15, 0.2) is 24.3 Å². The molecule has 1 aromatic rings. The Balaban J connectivity index is 1.69. The van der Waals surface area contributed by atoms with Crippen LogP contribution in [-0.2, 0) is 11.2 Å². The predicted molar refractivity (Wildman–Crippen MR) is 63.8 cm³/mol. The van der Waals surface area contributed by atoms with Crippen molar-refractivity contribution in [3.8, 4) is 0 Å². The highest BCUT2D eigenvalue weighted by atomic mass is 19.1. The van der Waals surface area contributed by atoms with Gasteiger partial charge in [0.25, 0.3) is 0 Å². The van der Waals surface area contributed by atoms with Gasteiger partial charge < -0.3 is 11.1 Å². The van der Waals surface area contributed by atoms with E-state index < -0.39 is 0 Å². The van der Waals surface area contributed by atoms with Crippen LogP contribution in [0.1, 0.15) is 18.4 Å². The average molecular weight is 236 g/mol. The van der Waals surface area contributed by atoms with Gasteiger partial charge in [0.15, 0.2) is 0 Å². The van der Waals surface area contributed by atoms with E-state index in [4.69, 9.17) is 5.73 Å². The molecule has 0 unspecified atom stereocenters. The third kappa shape index (κ3) is 3.27. The lowest BCUT2D eigenvalue weighted by atomic mass is 9.80. The van der Waals surface area contributed by atoms with E-state index in [1.807, 2.05) is 0 Å². The molecular weight excluding hydrogens is 219 g/mol. The Kier molecular flexibility index (Phi) is 3.74. The van der Waals surface area contributed by atoms with Crippen LogP contribution in [0.3, 0.4) is 0 Å². The molecule has 1 fully saturated rings. The van der Waals surface area contributed by atoms with Crippen molar-refractivity contribution in [3.63, 3.8) is 0 Å². The first-order valence-electron chi connectivity index (χ1n) is 5.93. The molecule has 0 heterocycles. The summed E-state index contributed by atoms with van der Waals surface area (Å²) in [5.74, 6) is -0.0479. The van der Waals surface area contributed by atoms with Gasteiger partial charge in [-0.15, -0.1) is 0 Å². The molecule has 0 bridgehead atoms. The zero-order valence-corrected chi connectivity index (χ0v) is 9.66. The third-order valence-corrected chi connectivity index (χ3v) is 3.17. The van der Waals surface area contributed by atoms with Crippen LogP contribution in [0.5, 0.6) is 0 Å². The van der Waals surface area contributed by atoms with E-state index in [2.05, 4.69) is 5.32 Å². The van der Waals surface area contributed by atoms with Crippen molar-refractivity contribution in [2.45, 2.75) is 25.3 Å². The summed E-state index contributed by atoms with van der Waals surface area (Å²) in [5, 5.41) is 2.88. The fourth-order valence-electron chi connectivity index (χ4n) is 2.00. The first-order valence-corrected chi connectivity index (χ1v) is 5.93. The molecule has 1 amide bonds. The van der Waals surface area contributed by atoms with Crippen LogP contribution < -0.4 is 11.1 Å². The van der Waals surface area contributed by atoms with Gasteiger partial charge in [-0.2, -0.15) is 0 Å². The second-order valence-electron chi connectivity index (χ2n) is 4.60. The number of carbonyl (C=O) groups excluding carboxylic acids is 1. The zero-order valence-electron chi connectivity index (χ0n) is 9.66. The molecule has 92 valence electrons. The van der Waals surface area contributed by atoms with E-state index in [9.17, 15) is 9.18 Å². The number of rotatable bonds is 4. The lowest BCUT2D eigenvalue weighted by Gasteiger charge is -2.31. The number of nitrogens with one attached hydrogen (secondary N) is 1. The molecule has 2 rings (SSSR count). The highest BCUT2D eigenvalue weighted by molar-refractivity contribution is 5.79. The van der Waals surface area contributed by atoms with Crippen molar-refractivity contribution < 1.29 is 9.18 Å². The van der Waals surface area contributed by atoms with Gasteiger partial charge in [0.1, 0.15) is 5.82 Å². The third-order valence-electron chi connectivity index (χ3n) is 3.17. The Morgan fingerprint density at radius 2 is 2.00 bits per heavy atom. The highest BCUT2D eigenvalue weighted by Crippen LogP contribution is 2.25. The molecule has 1 aromatic carbocycles. The molecule has 0 atom stereocenters. The molecule has 1 saturated carbocycles. The van der Waals surface area contributed by atoms with E-state index in [1.165, 1.54) is 12.1 Å². The molecule has 4 heteroatoms. The van der Waals surface area contributed by atoms with Gasteiger partial charge in [0, 0.05) is 18.5 Å². The first kappa shape index (κ1) is 12.0.